The third-order valence-corrected chi connectivity index (χ3v) is 2.88. The normalized spacial score (nSPS) is 23.9. The van der Waals surface area contributed by atoms with Gasteiger partial charge in [-0.05, 0) is 13.8 Å². The number of aliphatic hydroxyl groups excluding tert-OH is 1. The molecule has 0 aliphatic carbocycles. The van der Waals surface area contributed by atoms with E-state index in [0.29, 0.717) is 0 Å². The van der Waals surface area contributed by atoms with Gasteiger partial charge in [0.1, 0.15) is 18.1 Å². The molecule has 0 aromatic carbocycles. The highest BCUT2D eigenvalue weighted by Crippen LogP contribution is 2.18. The monoisotopic (exact) mass is 336 g/mol. The number of rotatable bonds is 6. The van der Waals surface area contributed by atoms with E-state index in [0.717, 1.165) is 0 Å². The molecule has 0 aromatic heterocycles. The van der Waals surface area contributed by atoms with Crippen molar-refractivity contribution < 1.29 is 33.7 Å². The van der Waals surface area contributed by atoms with E-state index in [4.69, 9.17) is 9.47 Å². The van der Waals surface area contributed by atoms with E-state index in [1.165, 1.54) is 0 Å². The van der Waals surface area contributed by atoms with Crippen LogP contribution in [-0.4, -0.2) is 60.1 Å². The summed E-state index contributed by atoms with van der Waals surface area (Å²) in [7, 11) is 0. The number of alkyl carbamates (subject to hydrolysis) is 2. The van der Waals surface area contributed by atoms with Gasteiger partial charge in [0.15, 0.2) is 6.04 Å². The second-order valence-electron chi connectivity index (χ2n) is 4.82. The Kier molecular flexibility index (Phi) is 7.25. The number of esters is 1. The zero-order valence-electron chi connectivity index (χ0n) is 12.3. The summed E-state index contributed by atoms with van der Waals surface area (Å²) in [6.07, 6.45) is -3.62. The average molecular weight is 336 g/mol. The zero-order chi connectivity index (χ0) is 16.7. The molecule has 22 heavy (non-hydrogen) atoms. The molecule has 1 rings (SSSR count). The van der Waals surface area contributed by atoms with E-state index in [1.54, 1.807) is 13.8 Å². The third kappa shape index (κ3) is 5.60. The van der Waals surface area contributed by atoms with Crippen LogP contribution in [0.5, 0.6) is 0 Å². The Labute approximate surface area is 133 Å². The third-order valence-electron chi connectivity index (χ3n) is 2.75. The van der Waals surface area contributed by atoms with Gasteiger partial charge in [-0.3, -0.25) is 0 Å². The molecule has 1 heterocycles. The van der Waals surface area contributed by atoms with E-state index in [-0.39, 0.29) is 25.0 Å². The molecule has 3 N–H and O–H groups in total. The van der Waals surface area contributed by atoms with Crippen LogP contribution in [0.25, 0.3) is 0 Å². The number of hydrogen-bond acceptors (Lipinski definition) is 8. The van der Waals surface area contributed by atoms with Crippen LogP contribution in [0.1, 0.15) is 20.3 Å². The zero-order valence-corrected chi connectivity index (χ0v) is 13.2. The van der Waals surface area contributed by atoms with Gasteiger partial charge >= 0.3 is 18.2 Å². The van der Waals surface area contributed by atoms with Gasteiger partial charge in [0.25, 0.3) is 0 Å². The Morgan fingerprint density at radius 1 is 1.41 bits per heavy atom. The summed E-state index contributed by atoms with van der Waals surface area (Å²) in [6, 6.07) is -1.21. The van der Waals surface area contributed by atoms with Crippen LogP contribution in [0, 0.1) is 0 Å². The maximum atomic E-state index is 11.6. The molecule has 9 nitrogen and oxygen atoms in total. The van der Waals surface area contributed by atoms with E-state index in [9.17, 15) is 19.5 Å². The van der Waals surface area contributed by atoms with Crippen LogP contribution in [-0.2, 0) is 19.0 Å². The Bertz CT molecular complexity index is 418. The van der Waals surface area contributed by atoms with Crippen molar-refractivity contribution in [3.05, 3.63) is 0 Å². The lowest BCUT2D eigenvalue weighted by Gasteiger charge is -2.16. The number of nitrogens with one attached hydrogen (secondary N) is 2. The molecular formula is C12H20N2O7S. The van der Waals surface area contributed by atoms with Crippen molar-refractivity contribution >= 4 is 30.8 Å². The van der Waals surface area contributed by atoms with Crippen molar-refractivity contribution in [2.24, 2.45) is 0 Å². The summed E-state index contributed by atoms with van der Waals surface area (Å²) in [4.78, 5) is 34.1. The molecule has 1 aliphatic heterocycles. The molecule has 10 heteroatoms. The van der Waals surface area contributed by atoms with Crippen LogP contribution in [0.2, 0.25) is 0 Å². The first kappa shape index (κ1) is 18.4. The maximum Gasteiger partial charge on any atom is 0.408 e. The van der Waals surface area contributed by atoms with Gasteiger partial charge in [-0.1, -0.05) is 0 Å². The van der Waals surface area contributed by atoms with Crippen LogP contribution >= 0.6 is 12.6 Å². The molecule has 3 unspecified atom stereocenters. The summed E-state index contributed by atoms with van der Waals surface area (Å²) in [5.41, 5.74) is 0. The predicted molar refractivity (Wildman–Crippen MR) is 77.4 cm³/mol. The fraction of sp³-hybridized carbons (Fsp3) is 0.750. The van der Waals surface area contributed by atoms with Crippen molar-refractivity contribution in [3.8, 4) is 0 Å². The lowest BCUT2D eigenvalue weighted by atomic mass is 10.1. The van der Waals surface area contributed by atoms with Crippen LogP contribution < -0.4 is 10.6 Å². The number of amides is 2. The Morgan fingerprint density at radius 3 is 2.68 bits per heavy atom. The summed E-state index contributed by atoms with van der Waals surface area (Å²) in [6.45, 7) is 3.57. The Balaban J connectivity index is 2.39. The number of cyclic esters (lactones) is 1. The largest absolute Gasteiger partial charge is 0.458 e. The molecule has 1 fully saturated rings. The first-order valence-electron chi connectivity index (χ1n) is 6.72. The van der Waals surface area contributed by atoms with Crippen LogP contribution in [0.15, 0.2) is 0 Å². The van der Waals surface area contributed by atoms with Gasteiger partial charge < -0.3 is 30.0 Å². The lowest BCUT2D eigenvalue weighted by molar-refractivity contribution is -0.143. The molecule has 0 spiro atoms. The van der Waals surface area contributed by atoms with Crippen LogP contribution in [0.4, 0.5) is 9.59 Å². The van der Waals surface area contributed by atoms with Crippen molar-refractivity contribution in [1.82, 2.24) is 10.6 Å². The summed E-state index contributed by atoms with van der Waals surface area (Å²) in [5, 5.41) is 14.6. The minimum absolute atomic E-state index is 0.147. The topological polar surface area (TPSA) is 123 Å². The van der Waals surface area contributed by atoms with Crippen molar-refractivity contribution in [2.45, 2.75) is 44.6 Å². The number of aliphatic hydroxyl groups is 1. The van der Waals surface area contributed by atoms with E-state index < -0.39 is 36.4 Å². The molecule has 0 aromatic rings. The highest BCUT2D eigenvalue weighted by Gasteiger charge is 2.44. The molecule has 0 bridgehead atoms. The molecule has 1 aliphatic rings. The van der Waals surface area contributed by atoms with Crippen molar-refractivity contribution in [3.63, 3.8) is 0 Å². The van der Waals surface area contributed by atoms with Gasteiger partial charge in [0.05, 0.1) is 6.10 Å². The molecule has 126 valence electrons. The average Bonchev–Trinajstić information content (AvgIpc) is 2.66. The summed E-state index contributed by atoms with van der Waals surface area (Å²) < 4.78 is 14.3. The first-order valence-corrected chi connectivity index (χ1v) is 7.35. The van der Waals surface area contributed by atoms with E-state index in [1.807, 2.05) is 0 Å². The van der Waals surface area contributed by atoms with Gasteiger partial charge in [-0.15, -0.1) is 12.6 Å². The van der Waals surface area contributed by atoms with Gasteiger partial charge in [-0.25, -0.2) is 14.4 Å². The fourth-order valence-electron chi connectivity index (χ4n) is 1.82. The highest BCUT2D eigenvalue weighted by atomic mass is 32.1. The van der Waals surface area contributed by atoms with Crippen molar-refractivity contribution in [1.29, 1.82) is 0 Å². The van der Waals surface area contributed by atoms with Gasteiger partial charge in [-0.2, -0.15) is 0 Å². The molecule has 0 radical (unpaired) electrons. The molecular weight excluding hydrogens is 316 g/mol. The minimum atomic E-state index is -1.23. The Morgan fingerprint density at radius 2 is 2.09 bits per heavy atom. The highest BCUT2D eigenvalue weighted by molar-refractivity contribution is 7.80. The molecule has 3 atom stereocenters. The molecule has 0 saturated carbocycles. The summed E-state index contributed by atoms with van der Waals surface area (Å²) in [5.74, 6) is -0.923. The van der Waals surface area contributed by atoms with E-state index in [2.05, 4.69) is 28.0 Å². The van der Waals surface area contributed by atoms with Gasteiger partial charge in [0, 0.05) is 13.0 Å². The number of carbonyl (C=O) groups is 3. The number of ether oxygens (including phenoxy) is 3. The maximum absolute atomic E-state index is 11.6. The molecule has 1 saturated heterocycles. The fourth-order valence-corrected chi connectivity index (χ4v) is 1.94. The first-order chi connectivity index (χ1) is 10.3. The molecule has 2 amide bonds. The number of thiol groups is 1. The SMILES string of the molecule is CC(C)OC(=O)NCCC1OC(=O)C(NC(=O)OCS)C1O. The number of carbonyl (C=O) groups excluding carboxylic acids is 3. The van der Waals surface area contributed by atoms with E-state index >= 15 is 0 Å². The number of hydrogen-bond donors (Lipinski definition) is 4. The minimum Gasteiger partial charge on any atom is -0.458 e. The van der Waals surface area contributed by atoms with Crippen LogP contribution in [0.3, 0.4) is 0 Å². The predicted octanol–water partition coefficient (Wildman–Crippen LogP) is -0.220. The second kappa shape index (κ2) is 8.69. The Hall–Kier alpha value is -1.68. The van der Waals surface area contributed by atoms with Crippen molar-refractivity contribution in [2.75, 3.05) is 12.5 Å². The second-order valence-corrected chi connectivity index (χ2v) is 5.08. The lowest BCUT2D eigenvalue weighted by Crippen LogP contribution is -2.46. The smallest absolute Gasteiger partial charge is 0.408 e. The standard InChI is InChI=1S/C12H20N2O7S/c1-6(2)20-11(17)13-4-3-7-9(15)8(10(16)21-7)14-12(18)19-5-22/h6-9,15,22H,3-5H2,1-2H3,(H,13,17)(H,14,18). The quantitative estimate of drug-likeness (QED) is 0.229. The van der Waals surface area contributed by atoms with Gasteiger partial charge in [0.2, 0.25) is 0 Å². The summed E-state index contributed by atoms with van der Waals surface area (Å²) >= 11 is 3.69.